The maximum absolute atomic E-state index is 12.6. The number of carbonyl (C=O) groups is 1. The highest BCUT2D eigenvalue weighted by Gasteiger charge is 2.30. The number of nitrogens with zero attached hydrogens (tertiary/aromatic N) is 1. The molecule has 0 aromatic heterocycles. The lowest BCUT2D eigenvalue weighted by Crippen LogP contribution is -2.51. The molecule has 0 radical (unpaired) electrons. The zero-order chi connectivity index (χ0) is 15.1. The molecule has 1 heterocycles. The van der Waals surface area contributed by atoms with Crippen molar-refractivity contribution in [1.29, 1.82) is 0 Å². The fourth-order valence-corrected chi connectivity index (χ4v) is 4.15. The molecule has 2 aliphatic rings. The van der Waals surface area contributed by atoms with Crippen molar-refractivity contribution in [3.05, 3.63) is 0 Å². The number of likely N-dealkylation sites (tertiary alicyclic amines) is 1. The normalized spacial score (nSPS) is 28.4. The molecule has 0 spiro atoms. The van der Waals surface area contributed by atoms with Crippen molar-refractivity contribution in [1.82, 2.24) is 10.2 Å². The number of carbonyl (C=O) groups excluding carboxylic acids is 1. The molecule has 2 unspecified atom stereocenters. The minimum absolute atomic E-state index is 0.426. The van der Waals surface area contributed by atoms with E-state index in [0.29, 0.717) is 23.8 Å². The first-order valence-electron chi connectivity index (χ1n) is 9.25. The van der Waals surface area contributed by atoms with Gasteiger partial charge in [-0.1, -0.05) is 46.0 Å². The molecule has 1 saturated carbocycles. The zero-order valence-corrected chi connectivity index (χ0v) is 14.1. The lowest BCUT2D eigenvalue weighted by Gasteiger charge is -2.39. The van der Waals surface area contributed by atoms with Crippen LogP contribution in [0, 0.1) is 11.8 Å². The van der Waals surface area contributed by atoms with E-state index < -0.39 is 0 Å². The van der Waals surface area contributed by atoms with Gasteiger partial charge in [0.15, 0.2) is 0 Å². The molecule has 1 saturated heterocycles. The lowest BCUT2D eigenvalue weighted by atomic mass is 9.89. The van der Waals surface area contributed by atoms with Crippen LogP contribution in [0.3, 0.4) is 0 Å². The molecule has 21 heavy (non-hydrogen) atoms. The van der Waals surface area contributed by atoms with E-state index in [9.17, 15) is 4.79 Å². The largest absolute Gasteiger partial charge is 0.342 e. The van der Waals surface area contributed by atoms with Crippen molar-refractivity contribution < 1.29 is 4.79 Å². The first kappa shape index (κ1) is 16.8. The number of hydrogen-bond acceptors (Lipinski definition) is 2. The third kappa shape index (κ3) is 4.98. The second-order valence-electron chi connectivity index (χ2n) is 7.02. The van der Waals surface area contributed by atoms with Crippen molar-refractivity contribution in [2.75, 3.05) is 19.6 Å². The Morgan fingerprint density at radius 1 is 1.10 bits per heavy atom. The Morgan fingerprint density at radius 3 is 2.43 bits per heavy atom. The van der Waals surface area contributed by atoms with E-state index in [1.807, 2.05) is 0 Å². The van der Waals surface area contributed by atoms with Crippen LogP contribution in [0.15, 0.2) is 0 Å². The van der Waals surface area contributed by atoms with Crippen molar-refractivity contribution in [2.45, 2.75) is 77.7 Å². The summed E-state index contributed by atoms with van der Waals surface area (Å²) in [6, 6.07) is 0.613. The highest BCUT2D eigenvalue weighted by molar-refractivity contribution is 5.76. The summed E-state index contributed by atoms with van der Waals surface area (Å²) in [5.41, 5.74) is 0. The summed E-state index contributed by atoms with van der Waals surface area (Å²) in [6.45, 7) is 7.40. The average molecular weight is 294 g/mol. The summed E-state index contributed by atoms with van der Waals surface area (Å²) in [7, 11) is 0. The highest BCUT2D eigenvalue weighted by Crippen LogP contribution is 2.27. The van der Waals surface area contributed by atoms with Crippen LogP contribution in [0.4, 0.5) is 0 Å². The molecule has 1 aliphatic carbocycles. The van der Waals surface area contributed by atoms with E-state index in [4.69, 9.17) is 0 Å². The summed E-state index contributed by atoms with van der Waals surface area (Å²) in [5.74, 6) is 1.72. The number of hydrogen-bond donors (Lipinski definition) is 1. The van der Waals surface area contributed by atoms with Gasteiger partial charge >= 0.3 is 0 Å². The molecule has 3 heteroatoms. The predicted octanol–water partition coefficient (Wildman–Crippen LogP) is 3.58. The van der Waals surface area contributed by atoms with Crippen LogP contribution in [-0.2, 0) is 4.79 Å². The molecular formula is C18H34N2O. The third-order valence-corrected chi connectivity index (χ3v) is 5.52. The second-order valence-corrected chi connectivity index (χ2v) is 7.02. The third-order valence-electron chi connectivity index (χ3n) is 5.52. The lowest BCUT2D eigenvalue weighted by molar-refractivity contribution is -0.134. The molecule has 122 valence electrons. The molecule has 1 aliphatic heterocycles. The molecule has 2 atom stereocenters. The Labute approximate surface area is 130 Å². The Kier molecular flexibility index (Phi) is 7.01. The minimum atomic E-state index is 0.426. The second kappa shape index (κ2) is 8.77. The number of rotatable bonds is 5. The molecule has 2 fully saturated rings. The van der Waals surface area contributed by atoms with Crippen molar-refractivity contribution in [2.24, 2.45) is 11.8 Å². The first-order valence-corrected chi connectivity index (χ1v) is 9.25. The quantitative estimate of drug-likeness (QED) is 0.786. The Bertz CT molecular complexity index is 310. The van der Waals surface area contributed by atoms with Gasteiger partial charge in [0.05, 0.1) is 0 Å². The first-order chi connectivity index (χ1) is 10.2. The summed E-state index contributed by atoms with van der Waals surface area (Å²) < 4.78 is 0. The van der Waals surface area contributed by atoms with Gasteiger partial charge < -0.3 is 10.2 Å². The topological polar surface area (TPSA) is 32.3 Å². The summed E-state index contributed by atoms with van der Waals surface area (Å²) in [5, 5.41) is 3.60. The smallest absolute Gasteiger partial charge is 0.222 e. The van der Waals surface area contributed by atoms with Crippen molar-refractivity contribution in [3.8, 4) is 0 Å². The zero-order valence-electron chi connectivity index (χ0n) is 14.1. The van der Waals surface area contributed by atoms with Crippen molar-refractivity contribution >= 4 is 5.91 Å². The molecule has 0 aromatic carbocycles. The summed E-state index contributed by atoms with van der Waals surface area (Å²) in [6.07, 6.45) is 11.1. The van der Waals surface area contributed by atoms with Crippen molar-refractivity contribution in [3.63, 3.8) is 0 Å². The van der Waals surface area contributed by atoms with Crippen LogP contribution >= 0.6 is 0 Å². The molecule has 1 N–H and O–H groups in total. The maximum atomic E-state index is 12.6. The van der Waals surface area contributed by atoms with Crippen LogP contribution in [0.25, 0.3) is 0 Å². The maximum Gasteiger partial charge on any atom is 0.222 e. The predicted molar refractivity (Wildman–Crippen MR) is 88.3 cm³/mol. The van der Waals surface area contributed by atoms with E-state index in [0.717, 1.165) is 32.5 Å². The van der Waals surface area contributed by atoms with E-state index in [1.54, 1.807) is 0 Å². The highest BCUT2D eigenvalue weighted by atomic mass is 16.2. The van der Waals surface area contributed by atoms with Gasteiger partial charge in [-0.05, 0) is 37.6 Å². The Morgan fingerprint density at radius 2 is 1.81 bits per heavy atom. The van der Waals surface area contributed by atoms with Crippen LogP contribution in [0.2, 0.25) is 0 Å². The summed E-state index contributed by atoms with van der Waals surface area (Å²) in [4.78, 5) is 14.8. The Balaban J connectivity index is 1.82. The van der Waals surface area contributed by atoms with Gasteiger partial charge in [0.25, 0.3) is 0 Å². The monoisotopic (exact) mass is 294 g/mol. The van der Waals surface area contributed by atoms with Gasteiger partial charge in [0, 0.05) is 25.6 Å². The molecule has 3 nitrogen and oxygen atoms in total. The van der Waals surface area contributed by atoms with E-state index in [1.165, 1.54) is 44.9 Å². The van der Waals surface area contributed by atoms with Gasteiger partial charge in [0.2, 0.25) is 5.91 Å². The van der Waals surface area contributed by atoms with Gasteiger partial charge in [-0.25, -0.2) is 0 Å². The number of amides is 1. The standard InChI is InChI=1S/C18H34N2O/c1-3-16-14-20(12-11-17(16)19-4-2)18(21)13-15-9-7-5-6-8-10-15/h15-17,19H,3-14H2,1-2H3. The molecule has 0 bridgehead atoms. The van der Waals surface area contributed by atoms with Crippen LogP contribution in [-0.4, -0.2) is 36.5 Å². The fourth-order valence-electron chi connectivity index (χ4n) is 4.15. The molecule has 0 aromatic rings. The molecule has 2 rings (SSSR count). The van der Waals surface area contributed by atoms with Gasteiger partial charge in [-0.3, -0.25) is 4.79 Å². The van der Waals surface area contributed by atoms with Crippen LogP contribution < -0.4 is 5.32 Å². The van der Waals surface area contributed by atoms with E-state index in [2.05, 4.69) is 24.1 Å². The van der Waals surface area contributed by atoms with Crippen LogP contribution in [0.1, 0.15) is 71.6 Å². The summed E-state index contributed by atoms with van der Waals surface area (Å²) >= 11 is 0. The number of nitrogens with one attached hydrogen (secondary N) is 1. The van der Waals surface area contributed by atoms with E-state index >= 15 is 0 Å². The molecular weight excluding hydrogens is 260 g/mol. The Hall–Kier alpha value is -0.570. The van der Waals surface area contributed by atoms with E-state index in [-0.39, 0.29) is 0 Å². The van der Waals surface area contributed by atoms with Crippen LogP contribution in [0.5, 0.6) is 0 Å². The SMILES string of the molecule is CCNC1CCN(C(=O)CC2CCCCCC2)CC1CC. The van der Waals surface area contributed by atoms with Gasteiger partial charge in [-0.2, -0.15) is 0 Å². The minimum Gasteiger partial charge on any atom is -0.342 e. The van der Waals surface area contributed by atoms with Gasteiger partial charge in [0.1, 0.15) is 0 Å². The van der Waals surface area contributed by atoms with Gasteiger partial charge in [-0.15, -0.1) is 0 Å². The fraction of sp³-hybridized carbons (Fsp3) is 0.944. The molecule has 1 amide bonds. The number of piperidine rings is 1. The average Bonchev–Trinajstić information content (AvgIpc) is 2.76.